The summed E-state index contributed by atoms with van der Waals surface area (Å²) in [7, 11) is 0. The Hall–Kier alpha value is -0.0400. The molecule has 0 rings (SSSR count). The lowest BCUT2D eigenvalue weighted by molar-refractivity contribution is 0.366. The highest BCUT2D eigenvalue weighted by atomic mass is 14.9. The van der Waals surface area contributed by atoms with E-state index < -0.39 is 0 Å². The van der Waals surface area contributed by atoms with Gasteiger partial charge in [0.2, 0.25) is 0 Å². The van der Waals surface area contributed by atoms with Gasteiger partial charge in [-0.2, -0.15) is 0 Å². The van der Waals surface area contributed by atoms with Crippen LogP contribution in [0.1, 0.15) is 60.3 Å². The number of hydrogen-bond acceptors (Lipinski definition) is 1. The summed E-state index contributed by atoms with van der Waals surface area (Å²) in [5.41, 5.74) is 0.277. The molecule has 0 aliphatic heterocycles. The first-order valence-electron chi connectivity index (χ1n) is 5.70. The number of unbranched alkanes of at least 4 members (excludes halogenated alkanes) is 2. The second kappa shape index (κ2) is 6.42. The summed E-state index contributed by atoms with van der Waals surface area (Å²) in [6.07, 6.45) is 5.49. The van der Waals surface area contributed by atoms with Crippen molar-refractivity contribution in [1.82, 2.24) is 5.32 Å². The second-order valence-electron chi connectivity index (χ2n) is 5.23. The van der Waals surface area contributed by atoms with Crippen LogP contribution in [-0.2, 0) is 0 Å². The van der Waals surface area contributed by atoms with Crippen LogP contribution in [0.5, 0.6) is 0 Å². The Kier molecular flexibility index (Phi) is 6.40. The van der Waals surface area contributed by atoms with Gasteiger partial charge < -0.3 is 5.32 Å². The maximum absolute atomic E-state index is 3.55. The van der Waals surface area contributed by atoms with Crippen molar-refractivity contribution in [3.05, 3.63) is 0 Å². The van der Waals surface area contributed by atoms with E-state index in [9.17, 15) is 0 Å². The molecule has 0 saturated carbocycles. The molecule has 0 bridgehead atoms. The molecule has 0 aromatic heterocycles. The molecule has 0 heterocycles. The van der Waals surface area contributed by atoms with Crippen molar-refractivity contribution in [2.75, 3.05) is 6.54 Å². The third-order valence-electron chi connectivity index (χ3n) is 2.28. The third-order valence-corrected chi connectivity index (χ3v) is 2.28. The minimum atomic E-state index is 0.277. The van der Waals surface area contributed by atoms with Crippen molar-refractivity contribution in [1.29, 1.82) is 0 Å². The largest absolute Gasteiger partial charge is 0.312 e. The standard InChI is InChI=1S/C12H27N/c1-6-7-8-9-11(2)10-13-12(3,4)5/h11,13H,6-10H2,1-5H3. The highest BCUT2D eigenvalue weighted by molar-refractivity contribution is 4.71. The second-order valence-corrected chi connectivity index (χ2v) is 5.23. The van der Waals surface area contributed by atoms with Gasteiger partial charge >= 0.3 is 0 Å². The van der Waals surface area contributed by atoms with E-state index in [4.69, 9.17) is 0 Å². The molecule has 1 N–H and O–H groups in total. The highest BCUT2D eigenvalue weighted by Crippen LogP contribution is 2.09. The fourth-order valence-corrected chi connectivity index (χ4v) is 1.33. The van der Waals surface area contributed by atoms with Crippen LogP contribution in [0, 0.1) is 5.92 Å². The zero-order valence-electron chi connectivity index (χ0n) is 10.1. The predicted octanol–water partition coefficient (Wildman–Crippen LogP) is 3.59. The Morgan fingerprint density at radius 2 is 1.77 bits per heavy atom. The van der Waals surface area contributed by atoms with E-state index in [-0.39, 0.29) is 5.54 Å². The van der Waals surface area contributed by atoms with E-state index in [1.54, 1.807) is 0 Å². The van der Waals surface area contributed by atoms with Gasteiger partial charge in [-0.25, -0.2) is 0 Å². The van der Waals surface area contributed by atoms with Gasteiger partial charge in [-0.3, -0.25) is 0 Å². The number of hydrogen-bond donors (Lipinski definition) is 1. The normalized spacial score (nSPS) is 14.5. The molecule has 0 fully saturated rings. The minimum Gasteiger partial charge on any atom is -0.312 e. The van der Waals surface area contributed by atoms with Crippen LogP contribution in [0.25, 0.3) is 0 Å². The first-order chi connectivity index (χ1) is 5.95. The average Bonchev–Trinajstić information content (AvgIpc) is 2.00. The van der Waals surface area contributed by atoms with Gasteiger partial charge in [0.25, 0.3) is 0 Å². The molecule has 0 aliphatic rings. The van der Waals surface area contributed by atoms with Crippen LogP contribution < -0.4 is 5.32 Å². The average molecular weight is 185 g/mol. The molecule has 0 aromatic rings. The summed E-state index contributed by atoms with van der Waals surface area (Å²) in [4.78, 5) is 0. The predicted molar refractivity (Wildman–Crippen MR) is 61.1 cm³/mol. The van der Waals surface area contributed by atoms with Gasteiger partial charge in [0.05, 0.1) is 0 Å². The minimum absolute atomic E-state index is 0.277. The Labute approximate surface area is 84.3 Å². The van der Waals surface area contributed by atoms with Gasteiger partial charge in [-0.15, -0.1) is 0 Å². The topological polar surface area (TPSA) is 12.0 Å². The van der Waals surface area contributed by atoms with E-state index in [2.05, 4.69) is 39.9 Å². The summed E-state index contributed by atoms with van der Waals surface area (Å²) < 4.78 is 0. The monoisotopic (exact) mass is 185 g/mol. The molecular weight excluding hydrogens is 158 g/mol. The van der Waals surface area contributed by atoms with Crippen LogP contribution in [0.3, 0.4) is 0 Å². The molecule has 0 aliphatic carbocycles. The van der Waals surface area contributed by atoms with E-state index in [0.29, 0.717) is 0 Å². The maximum Gasteiger partial charge on any atom is 0.00966 e. The number of rotatable bonds is 6. The summed E-state index contributed by atoms with van der Waals surface area (Å²) in [6.45, 7) is 12.4. The Morgan fingerprint density at radius 1 is 1.15 bits per heavy atom. The molecular formula is C12H27N. The number of nitrogens with one attached hydrogen (secondary N) is 1. The van der Waals surface area contributed by atoms with Gasteiger partial charge in [0, 0.05) is 5.54 Å². The highest BCUT2D eigenvalue weighted by Gasteiger charge is 2.10. The van der Waals surface area contributed by atoms with Gasteiger partial charge in [-0.1, -0.05) is 33.1 Å². The van der Waals surface area contributed by atoms with Crippen LogP contribution in [0.2, 0.25) is 0 Å². The van der Waals surface area contributed by atoms with Crippen molar-refractivity contribution in [3.8, 4) is 0 Å². The lowest BCUT2D eigenvalue weighted by Gasteiger charge is -2.23. The Bertz CT molecular complexity index is 113. The SMILES string of the molecule is CCCCCC(C)CNC(C)(C)C. The van der Waals surface area contributed by atoms with E-state index in [0.717, 1.165) is 12.5 Å². The summed E-state index contributed by atoms with van der Waals surface area (Å²) >= 11 is 0. The van der Waals surface area contributed by atoms with E-state index in [1.807, 2.05) is 0 Å². The van der Waals surface area contributed by atoms with Crippen LogP contribution >= 0.6 is 0 Å². The quantitative estimate of drug-likeness (QED) is 0.624. The van der Waals surface area contributed by atoms with Crippen molar-refractivity contribution in [2.24, 2.45) is 5.92 Å². The zero-order chi connectivity index (χ0) is 10.3. The van der Waals surface area contributed by atoms with Crippen molar-refractivity contribution in [2.45, 2.75) is 65.8 Å². The van der Waals surface area contributed by atoms with Crippen LogP contribution in [0.4, 0.5) is 0 Å². The first kappa shape index (κ1) is 13.0. The molecule has 1 heteroatoms. The molecule has 0 spiro atoms. The smallest absolute Gasteiger partial charge is 0.00966 e. The first-order valence-corrected chi connectivity index (χ1v) is 5.70. The fourth-order valence-electron chi connectivity index (χ4n) is 1.33. The van der Waals surface area contributed by atoms with Crippen LogP contribution in [0.15, 0.2) is 0 Å². The van der Waals surface area contributed by atoms with E-state index in [1.165, 1.54) is 25.7 Å². The van der Waals surface area contributed by atoms with Crippen molar-refractivity contribution < 1.29 is 0 Å². The van der Waals surface area contributed by atoms with Crippen LogP contribution in [-0.4, -0.2) is 12.1 Å². The van der Waals surface area contributed by atoms with Gasteiger partial charge in [0.1, 0.15) is 0 Å². The molecule has 0 saturated heterocycles. The molecule has 13 heavy (non-hydrogen) atoms. The summed E-state index contributed by atoms with van der Waals surface area (Å²) in [5.74, 6) is 0.825. The molecule has 1 unspecified atom stereocenters. The van der Waals surface area contributed by atoms with E-state index >= 15 is 0 Å². The molecule has 0 amide bonds. The van der Waals surface area contributed by atoms with Crippen molar-refractivity contribution in [3.63, 3.8) is 0 Å². The summed E-state index contributed by atoms with van der Waals surface area (Å²) in [5, 5.41) is 3.55. The molecule has 0 aromatic carbocycles. The Balaban J connectivity index is 3.35. The van der Waals surface area contributed by atoms with Gasteiger partial charge in [0.15, 0.2) is 0 Å². The zero-order valence-corrected chi connectivity index (χ0v) is 10.1. The fraction of sp³-hybridized carbons (Fsp3) is 1.00. The molecule has 0 radical (unpaired) electrons. The third kappa shape index (κ3) is 9.88. The molecule has 1 nitrogen and oxygen atoms in total. The lowest BCUT2D eigenvalue weighted by Crippen LogP contribution is -2.38. The Morgan fingerprint density at radius 3 is 2.23 bits per heavy atom. The summed E-state index contributed by atoms with van der Waals surface area (Å²) in [6, 6.07) is 0. The lowest BCUT2D eigenvalue weighted by atomic mass is 10.0. The van der Waals surface area contributed by atoms with Crippen molar-refractivity contribution >= 4 is 0 Å². The maximum atomic E-state index is 3.55. The van der Waals surface area contributed by atoms with Gasteiger partial charge in [-0.05, 0) is 39.7 Å². The molecule has 1 atom stereocenters. The molecule has 80 valence electrons.